The van der Waals surface area contributed by atoms with Gasteiger partial charge in [-0.05, 0) is 44.1 Å². The number of hydrogen-bond donors (Lipinski definition) is 2. The Morgan fingerprint density at radius 1 is 1.50 bits per heavy atom. The minimum absolute atomic E-state index is 0.0834. The molecule has 0 aliphatic carbocycles. The molecule has 0 atom stereocenters. The van der Waals surface area contributed by atoms with Crippen LogP contribution in [0.3, 0.4) is 0 Å². The fraction of sp³-hybridized carbons (Fsp3) is 0.417. The number of aryl methyl sites for hydroxylation is 1. The van der Waals surface area contributed by atoms with Gasteiger partial charge in [-0.25, -0.2) is 0 Å². The first-order chi connectivity index (χ1) is 7.79. The second kappa shape index (κ2) is 4.99. The number of benzene rings is 1. The molecule has 1 amide bonds. The van der Waals surface area contributed by atoms with Crippen molar-refractivity contribution >= 4 is 11.6 Å². The maximum absolute atomic E-state index is 11.2. The number of ether oxygens (including phenoxy) is 1. The van der Waals surface area contributed by atoms with Crippen molar-refractivity contribution in [3.8, 4) is 5.75 Å². The van der Waals surface area contributed by atoms with E-state index in [4.69, 9.17) is 4.74 Å². The van der Waals surface area contributed by atoms with E-state index in [0.717, 1.165) is 30.8 Å². The van der Waals surface area contributed by atoms with Crippen LogP contribution in [0.1, 0.15) is 12.0 Å². The van der Waals surface area contributed by atoms with Crippen LogP contribution in [0, 0.1) is 0 Å². The highest BCUT2D eigenvalue weighted by Crippen LogP contribution is 2.28. The first-order valence-electron chi connectivity index (χ1n) is 5.50. The summed E-state index contributed by atoms with van der Waals surface area (Å²) in [6.07, 6.45) is 2.09. The molecule has 0 radical (unpaired) electrons. The fourth-order valence-electron chi connectivity index (χ4n) is 1.76. The number of carbonyl (C=O) groups is 1. The van der Waals surface area contributed by atoms with Gasteiger partial charge in [-0.15, -0.1) is 0 Å². The number of carbonyl (C=O) groups excluding carboxylic acids is 1. The zero-order chi connectivity index (χ0) is 11.4. The Bertz CT molecular complexity index is 391. The van der Waals surface area contributed by atoms with E-state index in [1.54, 1.807) is 0 Å². The van der Waals surface area contributed by atoms with Crippen molar-refractivity contribution in [1.82, 2.24) is 5.32 Å². The van der Waals surface area contributed by atoms with Gasteiger partial charge in [-0.3, -0.25) is 4.79 Å². The van der Waals surface area contributed by atoms with Crippen LogP contribution >= 0.6 is 0 Å². The van der Waals surface area contributed by atoms with Crippen molar-refractivity contribution in [3.05, 3.63) is 23.8 Å². The van der Waals surface area contributed by atoms with E-state index in [2.05, 4.69) is 10.6 Å². The highest BCUT2D eigenvalue weighted by Gasteiger charge is 2.15. The lowest BCUT2D eigenvalue weighted by Crippen LogP contribution is -2.25. The van der Waals surface area contributed by atoms with Crippen molar-refractivity contribution in [3.63, 3.8) is 0 Å². The Kier molecular flexibility index (Phi) is 3.41. The van der Waals surface area contributed by atoms with Crippen LogP contribution in [0.25, 0.3) is 0 Å². The first-order valence-corrected chi connectivity index (χ1v) is 5.50. The Balaban J connectivity index is 2.06. The summed E-state index contributed by atoms with van der Waals surface area (Å²) in [4.78, 5) is 11.2. The second-order valence-corrected chi connectivity index (χ2v) is 3.87. The summed E-state index contributed by atoms with van der Waals surface area (Å²) >= 11 is 0. The lowest BCUT2D eigenvalue weighted by atomic mass is 10.1. The summed E-state index contributed by atoms with van der Waals surface area (Å²) in [7, 11) is 1.95. The standard InChI is InChI=1S/C12H16N2O2/c1-13-6-2-3-9-4-5-11-10(7-9)14-12(15)8-16-11/h4-5,7,13H,2-3,6,8H2,1H3,(H,14,15). The molecule has 0 fully saturated rings. The Morgan fingerprint density at radius 3 is 3.19 bits per heavy atom. The molecule has 1 aromatic rings. The van der Waals surface area contributed by atoms with Crippen LogP contribution in [0.15, 0.2) is 18.2 Å². The van der Waals surface area contributed by atoms with E-state index >= 15 is 0 Å². The zero-order valence-corrected chi connectivity index (χ0v) is 9.38. The highest BCUT2D eigenvalue weighted by atomic mass is 16.5. The van der Waals surface area contributed by atoms with Gasteiger partial charge in [0.15, 0.2) is 6.61 Å². The minimum Gasteiger partial charge on any atom is -0.482 e. The molecular weight excluding hydrogens is 204 g/mol. The largest absolute Gasteiger partial charge is 0.482 e. The fourth-order valence-corrected chi connectivity index (χ4v) is 1.76. The monoisotopic (exact) mass is 220 g/mol. The van der Waals surface area contributed by atoms with Gasteiger partial charge in [-0.1, -0.05) is 6.07 Å². The lowest BCUT2D eigenvalue weighted by molar-refractivity contribution is -0.118. The SMILES string of the molecule is CNCCCc1ccc2c(c1)NC(=O)CO2. The molecule has 0 aromatic heterocycles. The summed E-state index contributed by atoms with van der Waals surface area (Å²) in [6.45, 7) is 1.12. The first kappa shape index (κ1) is 11.0. The van der Waals surface area contributed by atoms with Crippen LogP contribution in [-0.4, -0.2) is 26.1 Å². The molecule has 4 nitrogen and oxygen atoms in total. The number of amides is 1. The molecule has 0 saturated carbocycles. The zero-order valence-electron chi connectivity index (χ0n) is 9.38. The van der Waals surface area contributed by atoms with Gasteiger partial charge < -0.3 is 15.4 Å². The van der Waals surface area contributed by atoms with Crippen molar-refractivity contribution in [2.24, 2.45) is 0 Å². The molecule has 1 aliphatic rings. The molecular formula is C12H16N2O2. The average Bonchev–Trinajstić information content (AvgIpc) is 2.29. The number of nitrogens with one attached hydrogen (secondary N) is 2. The van der Waals surface area contributed by atoms with E-state index in [1.165, 1.54) is 5.56 Å². The van der Waals surface area contributed by atoms with E-state index < -0.39 is 0 Å². The number of anilines is 1. The highest BCUT2D eigenvalue weighted by molar-refractivity contribution is 5.95. The van der Waals surface area contributed by atoms with Gasteiger partial charge in [0.2, 0.25) is 0 Å². The molecule has 2 N–H and O–H groups in total. The maximum Gasteiger partial charge on any atom is 0.262 e. The van der Waals surface area contributed by atoms with Gasteiger partial charge in [0.1, 0.15) is 5.75 Å². The maximum atomic E-state index is 11.2. The number of fused-ring (bicyclic) bond motifs is 1. The van der Waals surface area contributed by atoms with Crippen molar-refractivity contribution in [2.45, 2.75) is 12.8 Å². The summed E-state index contributed by atoms with van der Waals surface area (Å²) in [5, 5.41) is 5.92. The van der Waals surface area contributed by atoms with E-state index in [9.17, 15) is 4.79 Å². The van der Waals surface area contributed by atoms with Crippen molar-refractivity contribution in [1.29, 1.82) is 0 Å². The molecule has 1 aromatic carbocycles. The summed E-state index contributed by atoms with van der Waals surface area (Å²) < 4.78 is 5.29. The topological polar surface area (TPSA) is 50.4 Å². The molecule has 0 spiro atoms. The van der Waals surface area contributed by atoms with Crippen LogP contribution in [0.2, 0.25) is 0 Å². The molecule has 2 rings (SSSR count). The second-order valence-electron chi connectivity index (χ2n) is 3.87. The van der Waals surface area contributed by atoms with Gasteiger partial charge in [0.25, 0.3) is 5.91 Å². The third-order valence-electron chi connectivity index (χ3n) is 2.57. The average molecular weight is 220 g/mol. The third kappa shape index (κ3) is 2.52. The molecule has 0 unspecified atom stereocenters. The van der Waals surface area contributed by atoms with Crippen LogP contribution < -0.4 is 15.4 Å². The van der Waals surface area contributed by atoms with Gasteiger partial charge in [0, 0.05) is 0 Å². The van der Waals surface area contributed by atoms with Gasteiger partial charge in [0.05, 0.1) is 5.69 Å². The van der Waals surface area contributed by atoms with E-state index in [1.807, 2.05) is 25.2 Å². The van der Waals surface area contributed by atoms with Crippen molar-refractivity contribution in [2.75, 3.05) is 25.5 Å². The summed E-state index contributed by atoms with van der Waals surface area (Å²) in [5.41, 5.74) is 2.01. The molecule has 0 saturated heterocycles. The van der Waals surface area contributed by atoms with Crippen LogP contribution in [-0.2, 0) is 11.2 Å². The normalized spacial score (nSPS) is 13.9. The number of rotatable bonds is 4. The van der Waals surface area contributed by atoms with Crippen LogP contribution in [0.5, 0.6) is 5.75 Å². The Labute approximate surface area is 95.0 Å². The molecule has 16 heavy (non-hydrogen) atoms. The molecule has 0 bridgehead atoms. The minimum atomic E-state index is -0.0834. The molecule has 86 valence electrons. The van der Waals surface area contributed by atoms with E-state index in [-0.39, 0.29) is 12.5 Å². The predicted octanol–water partition coefficient (Wildman–Crippen LogP) is 1.17. The van der Waals surface area contributed by atoms with Crippen LogP contribution in [0.4, 0.5) is 5.69 Å². The molecule has 1 heterocycles. The van der Waals surface area contributed by atoms with E-state index in [0.29, 0.717) is 0 Å². The quantitative estimate of drug-likeness (QED) is 0.749. The molecule has 1 aliphatic heterocycles. The van der Waals surface area contributed by atoms with Gasteiger partial charge >= 0.3 is 0 Å². The summed E-state index contributed by atoms with van der Waals surface area (Å²) in [6, 6.07) is 5.96. The molecule has 4 heteroatoms. The number of hydrogen-bond acceptors (Lipinski definition) is 3. The Hall–Kier alpha value is -1.55. The lowest BCUT2D eigenvalue weighted by Gasteiger charge is -2.18. The Morgan fingerprint density at radius 2 is 2.38 bits per heavy atom. The van der Waals surface area contributed by atoms with Gasteiger partial charge in [-0.2, -0.15) is 0 Å². The predicted molar refractivity (Wildman–Crippen MR) is 62.8 cm³/mol. The third-order valence-corrected chi connectivity index (χ3v) is 2.57. The smallest absolute Gasteiger partial charge is 0.262 e. The summed E-state index contributed by atoms with van der Waals surface area (Å²) in [5.74, 6) is 0.678. The van der Waals surface area contributed by atoms with Crippen molar-refractivity contribution < 1.29 is 9.53 Å².